The van der Waals surface area contributed by atoms with E-state index in [0.717, 1.165) is 56.8 Å². The molecule has 0 radical (unpaired) electrons. The van der Waals surface area contributed by atoms with Crippen molar-refractivity contribution < 1.29 is 8.83 Å². The first-order valence-electron chi connectivity index (χ1n) is 16.1. The van der Waals surface area contributed by atoms with Gasteiger partial charge in [-0.15, -0.1) is 0 Å². The maximum absolute atomic E-state index is 6.75. The molecule has 46 heavy (non-hydrogen) atoms. The van der Waals surface area contributed by atoms with Crippen molar-refractivity contribution in [2.75, 3.05) is 0 Å². The number of para-hydroxylation sites is 1. The quantitative estimate of drug-likeness (QED) is 0.201. The van der Waals surface area contributed by atoms with Crippen LogP contribution in [0.5, 0.6) is 0 Å². The molecule has 1 aliphatic rings. The van der Waals surface area contributed by atoms with Gasteiger partial charge in [0.2, 0.25) is 0 Å². The van der Waals surface area contributed by atoms with E-state index < -0.39 is 0 Å². The number of hydrogen-bond donors (Lipinski definition) is 0. The van der Waals surface area contributed by atoms with Gasteiger partial charge in [-0.25, -0.2) is 0 Å². The van der Waals surface area contributed by atoms with E-state index >= 15 is 0 Å². The Bertz CT molecular complexity index is 3020. The first-order valence-corrected chi connectivity index (χ1v) is 16.1. The molecule has 0 N–H and O–H groups in total. The Kier molecular flexibility index (Phi) is 4.62. The van der Waals surface area contributed by atoms with Gasteiger partial charge < -0.3 is 13.2 Å². The molecule has 6 aromatic carbocycles. The summed E-state index contributed by atoms with van der Waals surface area (Å²) in [7, 11) is 0. The average molecular weight is 590 g/mol. The highest BCUT2D eigenvalue weighted by molar-refractivity contribution is 6.31. The highest BCUT2D eigenvalue weighted by atomic mass is 16.3. The van der Waals surface area contributed by atoms with Crippen molar-refractivity contribution in [3.63, 3.8) is 0 Å². The van der Waals surface area contributed by atoms with Crippen molar-refractivity contribution in [2.45, 2.75) is 19.8 Å². The van der Waals surface area contributed by atoms with E-state index in [9.17, 15) is 0 Å². The molecule has 1 aliphatic carbocycles. The van der Waals surface area contributed by atoms with Crippen molar-refractivity contribution >= 4 is 83.2 Å². The third kappa shape index (κ3) is 3.07. The summed E-state index contributed by atoms with van der Waals surface area (Å²) in [5, 5.41) is 9.51. The molecule has 0 unspecified atom stereocenters. The summed E-state index contributed by atoms with van der Waals surface area (Å²) in [5.41, 5.74) is 13.3. The first-order chi connectivity index (χ1) is 22.7. The van der Waals surface area contributed by atoms with Crippen LogP contribution in [0.1, 0.15) is 18.4 Å². The zero-order valence-electron chi connectivity index (χ0n) is 25.2. The fourth-order valence-corrected chi connectivity index (χ4v) is 8.19. The molecule has 0 aliphatic heterocycles. The molecule has 3 heteroatoms. The van der Waals surface area contributed by atoms with E-state index in [1.807, 2.05) is 6.07 Å². The van der Waals surface area contributed by atoms with Gasteiger partial charge in [-0.2, -0.15) is 0 Å². The number of aryl methyl sites for hydroxylation is 1. The van der Waals surface area contributed by atoms with Gasteiger partial charge in [0, 0.05) is 42.9 Å². The Hall–Kier alpha value is -5.80. The van der Waals surface area contributed by atoms with Gasteiger partial charge in [0.1, 0.15) is 11.0 Å². The topological polar surface area (TPSA) is 30.7 Å². The summed E-state index contributed by atoms with van der Waals surface area (Å²) < 4.78 is 15.9. The molecule has 3 nitrogen and oxygen atoms in total. The minimum absolute atomic E-state index is 0.908. The highest BCUT2D eigenvalue weighted by Crippen LogP contribution is 2.47. The van der Waals surface area contributed by atoms with E-state index in [0.29, 0.717) is 0 Å². The van der Waals surface area contributed by atoms with E-state index in [2.05, 4.69) is 127 Å². The molecule has 0 fully saturated rings. The Morgan fingerprint density at radius 2 is 1.20 bits per heavy atom. The number of aromatic nitrogens is 1. The van der Waals surface area contributed by atoms with Gasteiger partial charge in [-0.3, -0.25) is 0 Å². The molecule has 0 saturated carbocycles. The summed E-state index contributed by atoms with van der Waals surface area (Å²) >= 11 is 0. The number of benzene rings is 6. The number of fused-ring (bicyclic) bond motifs is 14. The molecule has 0 atom stereocenters. The molecular weight excluding hydrogens is 562 g/mol. The Balaban J connectivity index is 1.37. The minimum atomic E-state index is 0.908. The number of furan rings is 2. The Morgan fingerprint density at radius 3 is 2.02 bits per heavy atom. The summed E-state index contributed by atoms with van der Waals surface area (Å²) in [6.45, 7) is 2.18. The predicted molar refractivity (Wildman–Crippen MR) is 191 cm³/mol. The van der Waals surface area contributed by atoms with Gasteiger partial charge in [0.15, 0.2) is 11.2 Å². The fourth-order valence-electron chi connectivity index (χ4n) is 8.19. The van der Waals surface area contributed by atoms with E-state index in [1.165, 1.54) is 65.5 Å². The minimum Gasteiger partial charge on any atom is -0.454 e. The molecular formula is C43H27NO2. The van der Waals surface area contributed by atoms with E-state index in [4.69, 9.17) is 8.83 Å². The van der Waals surface area contributed by atoms with Crippen LogP contribution in [0.4, 0.5) is 0 Å². The van der Waals surface area contributed by atoms with Crippen LogP contribution in [0, 0.1) is 6.92 Å². The lowest BCUT2D eigenvalue weighted by Gasteiger charge is -2.12. The van der Waals surface area contributed by atoms with E-state index in [1.54, 1.807) is 0 Å². The second-order valence-corrected chi connectivity index (χ2v) is 12.8. The molecule has 11 rings (SSSR count). The molecule has 0 bridgehead atoms. The Morgan fingerprint density at radius 1 is 0.500 bits per heavy atom. The SMILES string of the molecule is Cc1ccc(-c2ccccc2)c(-c2cc3c4ccc5c6c(oc5c4n4c3c(c2)c2ccc3c5ccccc5oc3c24)=CCCC=6)c1. The second-order valence-electron chi connectivity index (χ2n) is 12.8. The van der Waals surface area contributed by atoms with Gasteiger partial charge in [-0.05, 0) is 78.4 Å². The van der Waals surface area contributed by atoms with Crippen molar-refractivity contribution in [1.82, 2.24) is 4.40 Å². The lowest BCUT2D eigenvalue weighted by molar-refractivity contribution is 0.574. The van der Waals surface area contributed by atoms with Crippen LogP contribution >= 0.6 is 0 Å². The van der Waals surface area contributed by atoms with Crippen LogP contribution in [-0.2, 0) is 0 Å². The number of nitrogens with zero attached hydrogens (tertiary/aromatic N) is 1. The highest BCUT2D eigenvalue weighted by Gasteiger charge is 2.25. The standard InChI is InChI=1S/C43H27NO2/c1-24-15-16-27(25-9-3-2-4-10-25)34(21-24)26-22-35-30-17-19-32-28-11-5-7-13-37(28)45-42(32)40(30)44-39(35)36(23-26)31-18-20-33-29-12-6-8-14-38(29)46-43(33)41(31)44/h2-5,7,9-23H,6,8H2,1H3. The maximum Gasteiger partial charge on any atom is 0.160 e. The van der Waals surface area contributed by atoms with Crippen molar-refractivity contribution in [1.29, 1.82) is 0 Å². The van der Waals surface area contributed by atoms with Crippen LogP contribution in [0.15, 0.2) is 118 Å². The third-order valence-electron chi connectivity index (χ3n) is 10.2. The van der Waals surface area contributed by atoms with Gasteiger partial charge in [0.05, 0.1) is 16.6 Å². The summed E-state index contributed by atoms with van der Waals surface area (Å²) in [6, 6.07) is 39.8. The van der Waals surface area contributed by atoms with Crippen LogP contribution in [-0.4, -0.2) is 4.40 Å². The first kappa shape index (κ1) is 24.5. The monoisotopic (exact) mass is 589 g/mol. The lowest BCUT2D eigenvalue weighted by atomic mass is 9.91. The normalized spacial score (nSPS) is 13.5. The number of hydrogen-bond acceptors (Lipinski definition) is 2. The van der Waals surface area contributed by atoms with Gasteiger partial charge >= 0.3 is 0 Å². The summed E-state index contributed by atoms with van der Waals surface area (Å²) in [4.78, 5) is 0. The predicted octanol–water partition coefficient (Wildman–Crippen LogP) is 10.5. The third-order valence-corrected chi connectivity index (χ3v) is 10.2. The van der Waals surface area contributed by atoms with Crippen LogP contribution in [0.25, 0.3) is 105 Å². The molecule has 4 heterocycles. The number of rotatable bonds is 2. The molecule has 10 aromatic rings. The average Bonchev–Trinajstić information content (AvgIpc) is 3.84. The summed E-state index contributed by atoms with van der Waals surface area (Å²) in [5.74, 6) is 0. The van der Waals surface area contributed by atoms with Crippen LogP contribution in [0.3, 0.4) is 0 Å². The lowest BCUT2D eigenvalue weighted by Crippen LogP contribution is -2.21. The molecule has 0 amide bonds. The largest absolute Gasteiger partial charge is 0.454 e. The van der Waals surface area contributed by atoms with Crippen molar-refractivity contribution in [3.05, 3.63) is 125 Å². The fraction of sp³-hybridized carbons (Fsp3) is 0.0698. The van der Waals surface area contributed by atoms with Gasteiger partial charge in [0.25, 0.3) is 0 Å². The Labute approximate surface area is 263 Å². The van der Waals surface area contributed by atoms with Crippen LogP contribution < -0.4 is 10.6 Å². The maximum atomic E-state index is 6.75. The van der Waals surface area contributed by atoms with Crippen molar-refractivity contribution in [3.8, 4) is 22.3 Å². The van der Waals surface area contributed by atoms with Crippen molar-refractivity contribution in [2.24, 2.45) is 0 Å². The smallest absolute Gasteiger partial charge is 0.160 e. The van der Waals surface area contributed by atoms with E-state index in [-0.39, 0.29) is 0 Å². The summed E-state index contributed by atoms with van der Waals surface area (Å²) in [6.07, 6.45) is 6.62. The zero-order valence-corrected chi connectivity index (χ0v) is 25.2. The zero-order chi connectivity index (χ0) is 30.1. The molecule has 0 spiro atoms. The molecule has 4 aromatic heterocycles. The molecule has 0 saturated heterocycles. The van der Waals surface area contributed by atoms with Crippen LogP contribution in [0.2, 0.25) is 0 Å². The second kappa shape index (κ2) is 8.68. The van der Waals surface area contributed by atoms with Gasteiger partial charge in [-0.1, -0.05) is 90.5 Å². The molecule has 216 valence electrons.